The summed E-state index contributed by atoms with van der Waals surface area (Å²) in [5.74, 6) is -0.413. The van der Waals surface area contributed by atoms with Crippen LogP contribution in [0.4, 0.5) is 0 Å². The Kier molecular flexibility index (Phi) is 5.66. The van der Waals surface area contributed by atoms with Crippen molar-refractivity contribution in [2.45, 2.75) is 32.2 Å². The molecule has 22 heavy (non-hydrogen) atoms. The lowest BCUT2D eigenvalue weighted by Crippen LogP contribution is -2.26. The van der Waals surface area contributed by atoms with Crippen LogP contribution in [0.3, 0.4) is 0 Å². The number of aromatic amines is 1. The van der Waals surface area contributed by atoms with E-state index in [1.165, 1.54) is 6.92 Å². The Morgan fingerprint density at radius 2 is 2.00 bits per heavy atom. The van der Waals surface area contributed by atoms with Crippen LogP contribution in [0.2, 0.25) is 0 Å². The van der Waals surface area contributed by atoms with Crippen LogP contribution in [0.15, 0.2) is 29.3 Å². The third kappa shape index (κ3) is 3.53. The number of Topliss-reactive ketones (excluding diaryl/α,β-unsaturated/α-hetero) is 1. The fraction of sp³-hybridized carbons (Fsp3) is 0.412. The van der Waals surface area contributed by atoms with E-state index >= 15 is 0 Å². The van der Waals surface area contributed by atoms with Gasteiger partial charge in [-0.3, -0.25) is 9.59 Å². The number of ether oxygens (including phenoxy) is 1. The monoisotopic (exact) mass is 319 g/mol. The fourth-order valence-corrected chi connectivity index (χ4v) is 3.32. The van der Waals surface area contributed by atoms with Gasteiger partial charge in [-0.1, -0.05) is 25.1 Å². The molecule has 0 aliphatic heterocycles. The van der Waals surface area contributed by atoms with Crippen LogP contribution < -0.4 is 0 Å². The van der Waals surface area contributed by atoms with Crippen molar-refractivity contribution in [3.63, 3.8) is 0 Å². The average Bonchev–Trinajstić information content (AvgIpc) is 2.82. The molecule has 118 valence electrons. The number of nitrogens with one attached hydrogen (secondary N) is 1. The molecule has 0 saturated heterocycles. The molecular weight excluding hydrogens is 298 g/mol. The van der Waals surface area contributed by atoms with E-state index in [0.29, 0.717) is 6.42 Å². The molecule has 0 radical (unpaired) electrons. The Balaban J connectivity index is 2.41. The molecule has 2 aromatic rings. The molecule has 0 saturated carbocycles. The summed E-state index contributed by atoms with van der Waals surface area (Å²) in [6.07, 6.45) is 0.376. The van der Waals surface area contributed by atoms with Crippen LogP contribution in [0.1, 0.15) is 26.3 Å². The minimum absolute atomic E-state index is 0.156. The van der Waals surface area contributed by atoms with Crippen molar-refractivity contribution in [1.82, 2.24) is 4.98 Å². The highest BCUT2D eigenvalue weighted by molar-refractivity contribution is 7.99. The molecule has 4 nitrogen and oxygen atoms in total. The highest BCUT2D eigenvalue weighted by Crippen LogP contribution is 2.32. The topological polar surface area (TPSA) is 59.2 Å². The van der Waals surface area contributed by atoms with E-state index < -0.39 is 11.9 Å². The molecule has 2 rings (SSSR count). The quantitative estimate of drug-likeness (QED) is 0.481. The highest BCUT2D eigenvalue weighted by Gasteiger charge is 2.27. The predicted molar refractivity (Wildman–Crippen MR) is 89.2 cm³/mol. The molecule has 1 N–H and O–H groups in total. The summed E-state index contributed by atoms with van der Waals surface area (Å²) < 4.78 is 5.05. The molecule has 1 aromatic carbocycles. The van der Waals surface area contributed by atoms with E-state index in [9.17, 15) is 9.59 Å². The molecule has 0 spiro atoms. The molecule has 0 aliphatic rings. The molecule has 5 heteroatoms. The molecule has 0 bridgehead atoms. The third-order valence-corrected chi connectivity index (χ3v) is 4.46. The number of aromatic nitrogens is 1. The summed E-state index contributed by atoms with van der Waals surface area (Å²) in [5.41, 5.74) is 2.05. The van der Waals surface area contributed by atoms with Gasteiger partial charge < -0.3 is 9.72 Å². The van der Waals surface area contributed by atoms with E-state index in [1.807, 2.05) is 24.3 Å². The van der Waals surface area contributed by atoms with Crippen LogP contribution in [-0.2, 0) is 20.7 Å². The van der Waals surface area contributed by atoms with Gasteiger partial charge in [0.25, 0.3) is 0 Å². The molecule has 0 aliphatic carbocycles. The number of para-hydroxylation sites is 1. The van der Waals surface area contributed by atoms with Gasteiger partial charge in [-0.15, -0.1) is 11.8 Å². The lowest BCUT2D eigenvalue weighted by atomic mass is 9.95. The zero-order valence-corrected chi connectivity index (χ0v) is 14.0. The summed E-state index contributed by atoms with van der Waals surface area (Å²) in [7, 11) is 0. The number of hydrogen-bond donors (Lipinski definition) is 1. The lowest BCUT2D eigenvalue weighted by Gasteiger charge is -2.13. The molecule has 1 aromatic heterocycles. The Morgan fingerprint density at radius 3 is 2.64 bits per heavy atom. The summed E-state index contributed by atoms with van der Waals surface area (Å²) in [5, 5.41) is 2.09. The van der Waals surface area contributed by atoms with Crippen molar-refractivity contribution in [1.29, 1.82) is 0 Å². The van der Waals surface area contributed by atoms with Gasteiger partial charge in [0.05, 0.1) is 11.6 Å². The molecule has 1 atom stereocenters. The minimum atomic E-state index is -0.740. The first-order chi connectivity index (χ1) is 10.6. The molecule has 1 heterocycles. The van der Waals surface area contributed by atoms with Crippen molar-refractivity contribution >= 4 is 34.4 Å². The second-order valence-corrected chi connectivity index (χ2v) is 6.30. The van der Waals surface area contributed by atoms with Crippen molar-refractivity contribution in [2.75, 3.05) is 12.4 Å². The summed E-state index contributed by atoms with van der Waals surface area (Å²) in [6.45, 7) is 5.56. The smallest absolute Gasteiger partial charge is 0.316 e. The second kappa shape index (κ2) is 7.49. The van der Waals surface area contributed by atoms with E-state index in [-0.39, 0.29) is 12.4 Å². The van der Waals surface area contributed by atoms with Gasteiger partial charge in [-0.2, -0.15) is 0 Å². The van der Waals surface area contributed by atoms with Crippen molar-refractivity contribution in [2.24, 2.45) is 5.92 Å². The van der Waals surface area contributed by atoms with Crippen LogP contribution in [0.5, 0.6) is 0 Å². The fourth-order valence-electron chi connectivity index (χ4n) is 2.49. The van der Waals surface area contributed by atoms with E-state index in [2.05, 4.69) is 11.9 Å². The highest BCUT2D eigenvalue weighted by atomic mass is 32.2. The van der Waals surface area contributed by atoms with Crippen LogP contribution in [0.25, 0.3) is 10.9 Å². The lowest BCUT2D eigenvalue weighted by molar-refractivity contribution is -0.151. The zero-order chi connectivity index (χ0) is 16.1. The average molecular weight is 319 g/mol. The number of fused-ring (bicyclic) bond motifs is 1. The van der Waals surface area contributed by atoms with Gasteiger partial charge in [0.2, 0.25) is 0 Å². The number of ketones is 1. The number of benzene rings is 1. The van der Waals surface area contributed by atoms with Crippen molar-refractivity contribution in [3.8, 4) is 0 Å². The predicted octanol–water partition coefficient (Wildman–Crippen LogP) is 3.59. The Labute approximate surface area is 134 Å². The van der Waals surface area contributed by atoms with Gasteiger partial charge in [0, 0.05) is 10.9 Å². The first-order valence-electron chi connectivity index (χ1n) is 7.47. The summed E-state index contributed by atoms with van der Waals surface area (Å²) >= 11 is 1.69. The maximum absolute atomic E-state index is 12.1. The standard InChI is InChI=1S/C17H21NO3S/c1-4-21-17(20)13(11(3)19)10-14-12-8-6-7-9-15(12)18-16(14)22-5-2/h6-9,13,18H,4-5,10H2,1-3H3. The van der Waals surface area contributed by atoms with Gasteiger partial charge in [0.15, 0.2) is 0 Å². The first kappa shape index (κ1) is 16.6. The molecule has 0 amide bonds. The minimum Gasteiger partial charge on any atom is -0.465 e. The molecule has 0 fully saturated rings. The number of carbonyl (C=O) groups is 2. The Bertz CT molecular complexity index is 678. The van der Waals surface area contributed by atoms with Gasteiger partial charge >= 0.3 is 5.97 Å². The second-order valence-electron chi connectivity index (χ2n) is 5.03. The largest absolute Gasteiger partial charge is 0.465 e. The number of carbonyl (C=O) groups excluding carboxylic acids is 2. The van der Waals surface area contributed by atoms with Gasteiger partial charge in [-0.25, -0.2) is 0 Å². The van der Waals surface area contributed by atoms with Crippen molar-refractivity contribution < 1.29 is 14.3 Å². The number of hydrogen-bond acceptors (Lipinski definition) is 4. The van der Waals surface area contributed by atoms with Gasteiger partial charge in [-0.05, 0) is 37.7 Å². The van der Waals surface area contributed by atoms with E-state index in [4.69, 9.17) is 4.74 Å². The first-order valence-corrected chi connectivity index (χ1v) is 8.46. The van der Waals surface area contributed by atoms with Gasteiger partial charge in [0.1, 0.15) is 11.7 Å². The normalized spacial score (nSPS) is 12.3. The number of esters is 1. The van der Waals surface area contributed by atoms with Crippen molar-refractivity contribution in [3.05, 3.63) is 29.8 Å². The van der Waals surface area contributed by atoms with Crippen LogP contribution >= 0.6 is 11.8 Å². The Hall–Kier alpha value is -1.75. The number of H-pyrrole nitrogens is 1. The van der Waals surface area contributed by atoms with Crippen LogP contribution in [0, 0.1) is 5.92 Å². The maximum Gasteiger partial charge on any atom is 0.316 e. The van der Waals surface area contributed by atoms with E-state index in [1.54, 1.807) is 18.7 Å². The Morgan fingerprint density at radius 1 is 1.27 bits per heavy atom. The molecular formula is C17H21NO3S. The molecule has 1 unspecified atom stereocenters. The maximum atomic E-state index is 12.1. The summed E-state index contributed by atoms with van der Waals surface area (Å²) in [6, 6.07) is 7.96. The SMILES string of the molecule is CCOC(=O)C(Cc1c(SCC)[nH]c2ccccc12)C(C)=O. The van der Waals surface area contributed by atoms with E-state index in [0.717, 1.165) is 27.2 Å². The zero-order valence-electron chi connectivity index (χ0n) is 13.1. The number of rotatable bonds is 7. The third-order valence-electron chi connectivity index (χ3n) is 3.53. The number of thioether (sulfide) groups is 1. The summed E-state index contributed by atoms with van der Waals surface area (Å²) in [4.78, 5) is 27.3. The van der Waals surface area contributed by atoms with Crippen LogP contribution in [-0.4, -0.2) is 29.1 Å².